The van der Waals surface area contributed by atoms with Crippen LogP contribution in [0.3, 0.4) is 0 Å². The number of hydrogen-bond acceptors (Lipinski definition) is 1. The van der Waals surface area contributed by atoms with Crippen LogP contribution < -0.4 is 5.19 Å². The van der Waals surface area contributed by atoms with Crippen molar-refractivity contribution >= 4 is 25.7 Å². The molecule has 2 aromatic rings. The van der Waals surface area contributed by atoms with E-state index in [1.807, 2.05) is 0 Å². The maximum Gasteiger partial charge on any atom is 0.194 e. The van der Waals surface area contributed by atoms with E-state index >= 15 is 0 Å². The number of benzene rings is 2. The first kappa shape index (κ1) is 11.8. The van der Waals surface area contributed by atoms with Gasteiger partial charge in [0.2, 0.25) is 0 Å². The minimum absolute atomic E-state index is 0.0272. The molecule has 0 heterocycles. The quantitative estimate of drug-likeness (QED) is 0.575. The Hall–Kier alpha value is -1.64. The van der Waals surface area contributed by atoms with E-state index in [-0.39, 0.29) is 6.10 Å². The first-order valence-corrected chi connectivity index (χ1v) is 6.97. The van der Waals surface area contributed by atoms with E-state index in [1.165, 1.54) is 16.0 Å². The number of rotatable bonds is 5. The van der Waals surface area contributed by atoms with Crippen LogP contribution in [0.4, 0.5) is 0 Å². The summed E-state index contributed by atoms with van der Waals surface area (Å²) in [6.07, 6.45) is 3.54. The highest BCUT2D eigenvalue weighted by atomic mass is 28.2. The van der Waals surface area contributed by atoms with Crippen molar-refractivity contribution in [2.24, 2.45) is 0 Å². The Bertz CT molecular complexity index is 520. The van der Waals surface area contributed by atoms with Crippen LogP contribution in [0.2, 0.25) is 0 Å². The summed E-state index contributed by atoms with van der Waals surface area (Å²) >= 11 is 0. The minimum Gasteiger partial charge on any atom is -0.409 e. The molecule has 0 N–H and O–H groups in total. The lowest BCUT2D eigenvalue weighted by atomic mass is 10.1. The first-order chi connectivity index (χ1) is 8.35. The Labute approximate surface area is 104 Å². The van der Waals surface area contributed by atoms with Gasteiger partial charge in [-0.2, -0.15) is 0 Å². The number of hydrogen-bond donors (Lipinski definition) is 0. The molecule has 2 rings (SSSR count). The average Bonchev–Trinajstić information content (AvgIpc) is 2.40. The Morgan fingerprint density at radius 2 is 1.71 bits per heavy atom. The van der Waals surface area contributed by atoms with Gasteiger partial charge in [-0.15, -0.1) is 13.2 Å². The van der Waals surface area contributed by atoms with Crippen molar-refractivity contribution in [1.29, 1.82) is 0 Å². The maximum absolute atomic E-state index is 5.84. The van der Waals surface area contributed by atoms with Gasteiger partial charge in [0.15, 0.2) is 9.76 Å². The smallest absolute Gasteiger partial charge is 0.194 e. The van der Waals surface area contributed by atoms with Gasteiger partial charge in [-0.1, -0.05) is 54.6 Å². The molecular formula is C15H16OSi. The highest BCUT2D eigenvalue weighted by Gasteiger charge is 2.03. The summed E-state index contributed by atoms with van der Waals surface area (Å²) in [7, 11) is -0.745. The second kappa shape index (κ2) is 5.62. The summed E-state index contributed by atoms with van der Waals surface area (Å²) in [6.45, 7) is 7.46. The molecular weight excluding hydrogens is 224 g/mol. The van der Waals surface area contributed by atoms with Gasteiger partial charge in [-0.25, -0.2) is 0 Å². The third-order valence-corrected chi connectivity index (χ3v) is 4.26. The molecule has 1 nitrogen and oxygen atoms in total. The second-order valence-electron chi connectivity index (χ2n) is 3.89. The molecule has 0 bridgehead atoms. The largest absolute Gasteiger partial charge is 0.409 e. The molecule has 2 aromatic carbocycles. The predicted octanol–water partition coefficient (Wildman–Crippen LogP) is 2.31. The molecule has 2 heteroatoms. The molecule has 17 heavy (non-hydrogen) atoms. The van der Waals surface area contributed by atoms with Gasteiger partial charge in [0.25, 0.3) is 0 Å². The zero-order chi connectivity index (χ0) is 12.1. The normalized spacial score (nSPS) is 11.4. The van der Waals surface area contributed by atoms with Crippen LogP contribution >= 0.6 is 0 Å². The summed E-state index contributed by atoms with van der Waals surface area (Å²) in [5.41, 5.74) is 0. The Kier molecular flexibility index (Phi) is 3.91. The summed E-state index contributed by atoms with van der Waals surface area (Å²) < 4.78 is 5.84. The Morgan fingerprint density at radius 3 is 2.47 bits per heavy atom. The molecule has 0 aliphatic rings. The molecule has 86 valence electrons. The van der Waals surface area contributed by atoms with Crippen LogP contribution in [0.15, 0.2) is 67.8 Å². The molecule has 0 radical (unpaired) electrons. The summed E-state index contributed by atoms with van der Waals surface area (Å²) in [6, 6.07) is 14.8. The van der Waals surface area contributed by atoms with Crippen LogP contribution in [0.25, 0.3) is 10.8 Å². The van der Waals surface area contributed by atoms with Crippen molar-refractivity contribution in [3.05, 3.63) is 67.8 Å². The highest BCUT2D eigenvalue weighted by molar-refractivity contribution is 6.51. The molecule has 0 saturated heterocycles. The topological polar surface area (TPSA) is 9.23 Å². The van der Waals surface area contributed by atoms with Gasteiger partial charge < -0.3 is 4.43 Å². The molecule has 0 aliphatic heterocycles. The van der Waals surface area contributed by atoms with Gasteiger partial charge in [-0.05, 0) is 16.0 Å². The van der Waals surface area contributed by atoms with Gasteiger partial charge >= 0.3 is 0 Å². The zero-order valence-corrected chi connectivity index (χ0v) is 11.2. The number of fused-ring (bicyclic) bond motifs is 1. The van der Waals surface area contributed by atoms with Crippen LogP contribution in [0, 0.1) is 0 Å². The van der Waals surface area contributed by atoms with Gasteiger partial charge in [0, 0.05) is 0 Å². The van der Waals surface area contributed by atoms with E-state index in [4.69, 9.17) is 4.43 Å². The van der Waals surface area contributed by atoms with Crippen molar-refractivity contribution in [3.63, 3.8) is 0 Å². The maximum atomic E-state index is 5.84. The molecule has 0 saturated carbocycles. The van der Waals surface area contributed by atoms with Crippen molar-refractivity contribution < 1.29 is 4.43 Å². The van der Waals surface area contributed by atoms with E-state index in [9.17, 15) is 0 Å². The van der Waals surface area contributed by atoms with Crippen molar-refractivity contribution in [2.75, 3.05) is 0 Å². The van der Waals surface area contributed by atoms with Crippen molar-refractivity contribution in [2.45, 2.75) is 6.10 Å². The molecule has 0 aliphatic carbocycles. The Balaban J connectivity index is 2.24. The fourth-order valence-corrected chi connectivity index (χ4v) is 3.19. The second-order valence-corrected chi connectivity index (χ2v) is 5.27. The fourth-order valence-electron chi connectivity index (χ4n) is 1.84. The van der Waals surface area contributed by atoms with Crippen LogP contribution in [0.1, 0.15) is 0 Å². The van der Waals surface area contributed by atoms with Gasteiger partial charge in [0.05, 0.1) is 6.10 Å². The Morgan fingerprint density at radius 1 is 1.00 bits per heavy atom. The van der Waals surface area contributed by atoms with Gasteiger partial charge in [-0.3, -0.25) is 0 Å². The van der Waals surface area contributed by atoms with E-state index in [0.29, 0.717) is 0 Å². The molecule has 0 fully saturated rings. The summed E-state index contributed by atoms with van der Waals surface area (Å²) in [5, 5.41) is 3.90. The average molecular weight is 240 g/mol. The monoisotopic (exact) mass is 240 g/mol. The lowest BCUT2D eigenvalue weighted by molar-refractivity contribution is 0.320. The summed E-state index contributed by atoms with van der Waals surface area (Å²) in [5.74, 6) is 0. The SMILES string of the molecule is C=CC(C=C)O[SiH2]c1cccc2ccccc12. The van der Waals surface area contributed by atoms with Crippen LogP contribution in [0.5, 0.6) is 0 Å². The minimum atomic E-state index is -0.745. The van der Waals surface area contributed by atoms with Gasteiger partial charge in [0.1, 0.15) is 0 Å². The molecule has 0 aromatic heterocycles. The zero-order valence-electron chi connectivity index (χ0n) is 9.80. The molecule has 0 spiro atoms. The predicted molar refractivity (Wildman–Crippen MR) is 77.4 cm³/mol. The van der Waals surface area contributed by atoms with Crippen LogP contribution in [-0.4, -0.2) is 15.9 Å². The molecule has 0 atom stereocenters. The first-order valence-electron chi connectivity index (χ1n) is 5.68. The third kappa shape index (κ3) is 2.73. The lowest BCUT2D eigenvalue weighted by Gasteiger charge is -2.11. The van der Waals surface area contributed by atoms with E-state index in [2.05, 4.69) is 55.6 Å². The summed E-state index contributed by atoms with van der Waals surface area (Å²) in [4.78, 5) is 0. The third-order valence-electron chi connectivity index (χ3n) is 2.78. The van der Waals surface area contributed by atoms with Crippen LogP contribution in [-0.2, 0) is 4.43 Å². The van der Waals surface area contributed by atoms with E-state index in [1.54, 1.807) is 12.2 Å². The lowest BCUT2D eigenvalue weighted by Crippen LogP contribution is -2.22. The highest BCUT2D eigenvalue weighted by Crippen LogP contribution is 2.10. The van der Waals surface area contributed by atoms with E-state index < -0.39 is 9.76 Å². The van der Waals surface area contributed by atoms with Crippen molar-refractivity contribution in [3.8, 4) is 0 Å². The standard InChI is InChI=1S/C15H16OSi/c1-3-13(4-2)16-17-15-11-7-9-12-8-5-6-10-14(12)15/h3-11,13H,1-2,17H2. The molecule has 0 unspecified atom stereocenters. The van der Waals surface area contributed by atoms with Crippen molar-refractivity contribution in [1.82, 2.24) is 0 Å². The molecule has 0 amide bonds. The fraction of sp³-hybridized carbons (Fsp3) is 0.0667. The van der Waals surface area contributed by atoms with E-state index in [0.717, 1.165) is 0 Å².